The molecule has 1 aromatic carbocycles. The van der Waals surface area contributed by atoms with Crippen molar-refractivity contribution in [1.29, 1.82) is 0 Å². The van der Waals surface area contributed by atoms with E-state index in [4.69, 9.17) is 0 Å². The van der Waals surface area contributed by atoms with Gasteiger partial charge in [-0.2, -0.15) is 0 Å². The molecular formula is C22H31IN4OS. The maximum atomic E-state index is 12.5. The van der Waals surface area contributed by atoms with E-state index in [2.05, 4.69) is 46.1 Å². The minimum Gasteiger partial charge on any atom is -0.352 e. The quantitative estimate of drug-likeness (QED) is 0.280. The molecule has 3 rings (SSSR count). The SMILES string of the molecule is CN=C(NCc1cccc(NC(=O)C2CCCCC2)c1)NCc1ccc(C)s1.I. The highest BCUT2D eigenvalue weighted by atomic mass is 127. The van der Waals surface area contributed by atoms with Crippen molar-refractivity contribution in [3.05, 3.63) is 51.7 Å². The number of anilines is 1. The Kier molecular flexibility index (Phi) is 9.93. The van der Waals surface area contributed by atoms with Gasteiger partial charge in [0, 0.05) is 35.0 Å². The van der Waals surface area contributed by atoms with E-state index in [1.54, 1.807) is 18.4 Å². The molecule has 158 valence electrons. The topological polar surface area (TPSA) is 65.5 Å². The van der Waals surface area contributed by atoms with Gasteiger partial charge in [-0.3, -0.25) is 9.79 Å². The average molecular weight is 526 g/mol. The summed E-state index contributed by atoms with van der Waals surface area (Å²) >= 11 is 1.79. The molecule has 1 aliphatic carbocycles. The van der Waals surface area contributed by atoms with Gasteiger partial charge in [0.15, 0.2) is 5.96 Å². The second-order valence-corrected chi connectivity index (χ2v) is 8.69. The Balaban J connectivity index is 0.00000300. The Hall–Kier alpha value is -1.61. The highest BCUT2D eigenvalue weighted by Crippen LogP contribution is 2.25. The van der Waals surface area contributed by atoms with Crippen molar-refractivity contribution in [2.45, 2.75) is 52.1 Å². The van der Waals surface area contributed by atoms with Crippen LogP contribution < -0.4 is 16.0 Å². The van der Waals surface area contributed by atoms with Crippen LogP contribution in [-0.4, -0.2) is 18.9 Å². The summed E-state index contributed by atoms with van der Waals surface area (Å²) in [6.07, 6.45) is 5.61. The molecule has 0 bridgehead atoms. The summed E-state index contributed by atoms with van der Waals surface area (Å²) in [5.74, 6) is 1.09. The average Bonchev–Trinajstić information content (AvgIpc) is 3.14. The van der Waals surface area contributed by atoms with Crippen LogP contribution in [-0.2, 0) is 17.9 Å². The molecule has 1 aromatic heterocycles. The zero-order chi connectivity index (χ0) is 19.8. The van der Waals surface area contributed by atoms with Gasteiger partial charge in [-0.15, -0.1) is 35.3 Å². The number of nitrogens with one attached hydrogen (secondary N) is 3. The number of aryl methyl sites for hydroxylation is 1. The van der Waals surface area contributed by atoms with Crippen LogP contribution in [0.4, 0.5) is 5.69 Å². The number of guanidine groups is 1. The predicted molar refractivity (Wildman–Crippen MR) is 133 cm³/mol. The first-order chi connectivity index (χ1) is 13.6. The van der Waals surface area contributed by atoms with Crippen molar-refractivity contribution < 1.29 is 4.79 Å². The Bertz CT molecular complexity index is 815. The van der Waals surface area contributed by atoms with Gasteiger partial charge in [-0.1, -0.05) is 31.4 Å². The molecule has 0 spiro atoms. The number of benzene rings is 1. The molecular weight excluding hydrogens is 495 g/mol. The number of hydrogen-bond donors (Lipinski definition) is 3. The summed E-state index contributed by atoms with van der Waals surface area (Å²) in [6.45, 7) is 3.52. The Morgan fingerprint density at radius 3 is 2.55 bits per heavy atom. The van der Waals surface area contributed by atoms with Gasteiger partial charge in [-0.05, 0) is 49.6 Å². The smallest absolute Gasteiger partial charge is 0.227 e. The first kappa shape index (κ1) is 23.7. The molecule has 2 aromatic rings. The Morgan fingerprint density at radius 2 is 1.86 bits per heavy atom. The normalized spacial score (nSPS) is 14.8. The van der Waals surface area contributed by atoms with Crippen LogP contribution in [0, 0.1) is 12.8 Å². The second-order valence-electron chi connectivity index (χ2n) is 7.32. The molecule has 1 amide bonds. The van der Waals surface area contributed by atoms with E-state index < -0.39 is 0 Å². The number of amides is 1. The largest absolute Gasteiger partial charge is 0.352 e. The fourth-order valence-corrected chi connectivity index (χ4v) is 4.36. The zero-order valence-electron chi connectivity index (χ0n) is 17.2. The second kappa shape index (κ2) is 12.2. The monoisotopic (exact) mass is 526 g/mol. The van der Waals surface area contributed by atoms with E-state index in [1.165, 1.54) is 29.0 Å². The van der Waals surface area contributed by atoms with E-state index in [0.29, 0.717) is 6.54 Å². The van der Waals surface area contributed by atoms with Crippen LogP contribution >= 0.6 is 35.3 Å². The molecule has 1 aliphatic rings. The number of carbonyl (C=O) groups excluding carboxylic acids is 1. The minimum absolute atomic E-state index is 0. The molecule has 1 saturated carbocycles. The van der Waals surface area contributed by atoms with Crippen LogP contribution in [0.2, 0.25) is 0 Å². The maximum absolute atomic E-state index is 12.5. The summed E-state index contributed by atoms with van der Waals surface area (Å²) in [5, 5.41) is 9.77. The van der Waals surface area contributed by atoms with E-state index in [1.807, 2.05) is 18.2 Å². The van der Waals surface area contributed by atoms with Gasteiger partial charge in [0.1, 0.15) is 0 Å². The van der Waals surface area contributed by atoms with Crippen molar-refractivity contribution in [1.82, 2.24) is 10.6 Å². The van der Waals surface area contributed by atoms with Crippen LogP contribution in [0.3, 0.4) is 0 Å². The van der Waals surface area contributed by atoms with Crippen LogP contribution in [0.5, 0.6) is 0 Å². The molecule has 1 fully saturated rings. The van der Waals surface area contributed by atoms with Gasteiger partial charge in [-0.25, -0.2) is 0 Å². The minimum atomic E-state index is 0. The summed E-state index contributed by atoms with van der Waals surface area (Å²) in [7, 11) is 1.77. The highest BCUT2D eigenvalue weighted by Gasteiger charge is 2.21. The first-order valence-corrected chi connectivity index (χ1v) is 10.9. The van der Waals surface area contributed by atoms with Gasteiger partial charge >= 0.3 is 0 Å². The van der Waals surface area contributed by atoms with Gasteiger partial charge in [0.2, 0.25) is 5.91 Å². The molecule has 1 heterocycles. The van der Waals surface area contributed by atoms with Gasteiger partial charge in [0.25, 0.3) is 0 Å². The fraction of sp³-hybridized carbons (Fsp3) is 0.455. The molecule has 0 saturated heterocycles. The van der Waals surface area contributed by atoms with Crippen LogP contribution in [0.1, 0.15) is 47.4 Å². The Labute approximate surface area is 194 Å². The summed E-state index contributed by atoms with van der Waals surface area (Å²) in [5.41, 5.74) is 1.98. The number of rotatable bonds is 6. The van der Waals surface area contributed by atoms with Crippen LogP contribution in [0.25, 0.3) is 0 Å². The van der Waals surface area contributed by atoms with Crippen molar-refractivity contribution >= 4 is 52.9 Å². The van der Waals surface area contributed by atoms with Crippen molar-refractivity contribution in [2.24, 2.45) is 10.9 Å². The number of hydrogen-bond acceptors (Lipinski definition) is 3. The number of aliphatic imine (C=N–C) groups is 1. The van der Waals surface area contributed by atoms with Gasteiger partial charge < -0.3 is 16.0 Å². The molecule has 5 nitrogen and oxygen atoms in total. The zero-order valence-corrected chi connectivity index (χ0v) is 20.3. The van der Waals surface area contributed by atoms with E-state index >= 15 is 0 Å². The lowest BCUT2D eigenvalue weighted by atomic mass is 9.88. The molecule has 0 aliphatic heterocycles. The third kappa shape index (κ3) is 7.62. The Morgan fingerprint density at radius 1 is 1.10 bits per heavy atom. The third-order valence-electron chi connectivity index (χ3n) is 5.08. The van der Waals surface area contributed by atoms with Crippen molar-refractivity contribution in [2.75, 3.05) is 12.4 Å². The summed E-state index contributed by atoms with van der Waals surface area (Å²) < 4.78 is 0. The first-order valence-electron chi connectivity index (χ1n) is 10.0. The molecule has 29 heavy (non-hydrogen) atoms. The lowest BCUT2D eigenvalue weighted by Crippen LogP contribution is -2.36. The fourth-order valence-electron chi connectivity index (χ4n) is 3.53. The van der Waals surface area contributed by atoms with Gasteiger partial charge in [0.05, 0.1) is 6.54 Å². The lowest BCUT2D eigenvalue weighted by Gasteiger charge is -2.21. The summed E-state index contributed by atoms with van der Waals surface area (Å²) in [4.78, 5) is 19.3. The standard InChI is InChI=1S/C22H30N4OS.HI/c1-16-11-12-20(28-16)15-25-22(23-2)24-14-17-7-6-10-19(13-17)26-21(27)18-8-4-3-5-9-18;/h6-7,10-13,18H,3-5,8-9,14-15H2,1-2H3,(H,26,27)(H2,23,24,25);1H. The molecule has 0 unspecified atom stereocenters. The van der Waals surface area contributed by atoms with Crippen LogP contribution in [0.15, 0.2) is 41.4 Å². The number of carbonyl (C=O) groups is 1. The third-order valence-corrected chi connectivity index (χ3v) is 6.08. The number of halogens is 1. The molecule has 3 N–H and O–H groups in total. The van der Waals surface area contributed by atoms with Crippen molar-refractivity contribution in [3.8, 4) is 0 Å². The van der Waals surface area contributed by atoms with E-state index in [9.17, 15) is 4.79 Å². The number of nitrogens with zero attached hydrogens (tertiary/aromatic N) is 1. The maximum Gasteiger partial charge on any atom is 0.227 e. The van der Waals surface area contributed by atoms with Crippen molar-refractivity contribution in [3.63, 3.8) is 0 Å². The molecule has 7 heteroatoms. The van der Waals surface area contributed by atoms with E-state index in [-0.39, 0.29) is 35.8 Å². The molecule has 0 atom stereocenters. The highest BCUT2D eigenvalue weighted by molar-refractivity contribution is 14.0. The predicted octanol–water partition coefficient (Wildman–Crippen LogP) is 5.06. The lowest BCUT2D eigenvalue weighted by molar-refractivity contribution is -0.120. The molecule has 0 radical (unpaired) electrons. The van der Waals surface area contributed by atoms with E-state index in [0.717, 1.165) is 36.6 Å². The number of thiophene rings is 1. The summed E-state index contributed by atoms with van der Waals surface area (Å²) in [6, 6.07) is 12.3.